The Balaban J connectivity index is 2.18. The first-order valence-corrected chi connectivity index (χ1v) is 7.33. The van der Waals surface area contributed by atoms with Crippen molar-refractivity contribution in [1.29, 1.82) is 0 Å². The summed E-state index contributed by atoms with van der Waals surface area (Å²) in [6.07, 6.45) is 0. The summed E-state index contributed by atoms with van der Waals surface area (Å²) in [6.45, 7) is 1.98. The van der Waals surface area contributed by atoms with Crippen molar-refractivity contribution in [3.63, 3.8) is 0 Å². The molecule has 0 aliphatic rings. The molecule has 1 N–H and O–H groups in total. The lowest BCUT2D eigenvalue weighted by Gasteiger charge is -2.16. The number of hydrogen-bond acceptors (Lipinski definition) is 2. The highest BCUT2D eigenvalue weighted by atomic mass is 32.2. The van der Waals surface area contributed by atoms with Crippen LogP contribution in [0, 0.1) is 5.82 Å². The molecule has 0 heterocycles. The molecule has 0 aliphatic heterocycles. The molecule has 2 aromatic carbocycles. The van der Waals surface area contributed by atoms with Gasteiger partial charge in [0.05, 0.1) is 0 Å². The Morgan fingerprint density at radius 1 is 1.11 bits per heavy atom. The van der Waals surface area contributed by atoms with Gasteiger partial charge < -0.3 is 5.32 Å². The topological polar surface area (TPSA) is 12.0 Å². The minimum Gasteiger partial charge on any atom is -0.313 e. The zero-order valence-corrected chi connectivity index (χ0v) is 12.0. The molecule has 0 aliphatic carbocycles. The number of benzene rings is 2. The summed E-state index contributed by atoms with van der Waals surface area (Å²) in [5.41, 5.74) is 2.01. The molecule has 19 heavy (non-hydrogen) atoms. The number of halogens is 1. The van der Waals surface area contributed by atoms with E-state index in [1.54, 1.807) is 17.8 Å². The maximum atomic E-state index is 14.0. The molecule has 0 aromatic heterocycles. The smallest absolute Gasteiger partial charge is 0.129 e. The Bertz CT molecular complexity index is 528. The van der Waals surface area contributed by atoms with E-state index in [0.717, 1.165) is 16.2 Å². The Labute approximate surface area is 118 Å². The molecule has 1 nitrogen and oxygen atoms in total. The molecule has 2 rings (SSSR count). The molecule has 0 saturated heterocycles. The Morgan fingerprint density at radius 2 is 1.84 bits per heavy atom. The van der Waals surface area contributed by atoms with Crippen molar-refractivity contribution >= 4 is 11.8 Å². The highest BCUT2D eigenvalue weighted by molar-refractivity contribution is 7.98. The van der Waals surface area contributed by atoms with Crippen molar-refractivity contribution in [2.75, 3.05) is 7.05 Å². The molecule has 0 spiro atoms. The van der Waals surface area contributed by atoms with Crippen LogP contribution in [0.4, 0.5) is 4.39 Å². The van der Waals surface area contributed by atoms with Gasteiger partial charge in [0.25, 0.3) is 0 Å². The van der Waals surface area contributed by atoms with Crippen molar-refractivity contribution in [2.45, 2.75) is 23.6 Å². The van der Waals surface area contributed by atoms with Crippen LogP contribution < -0.4 is 5.32 Å². The zero-order valence-electron chi connectivity index (χ0n) is 11.2. The van der Waals surface area contributed by atoms with Crippen molar-refractivity contribution in [2.24, 2.45) is 0 Å². The van der Waals surface area contributed by atoms with Gasteiger partial charge in [0.1, 0.15) is 5.82 Å². The maximum Gasteiger partial charge on any atom is 0.129 e. The Morgan fingerprint density at radius 3 is 2.53 bits per heavy atom. The van der Waals surface area contributed by atoms with E-state index in [1.807, 2.05) is 38.2 Å². The lowest BCUT2D eigenvalue weighted by Crippen LogP contribution is -2.15. The molecule has 0 radical (unpaired) electrons. The lowest BCUT2D eigenvalue weighted by atomic mass is 10.1. The van der Waals surface area contributed by atoms with Crippen LogP contribution in [-0.4, -0.2) is 7.05 Å². The summed E-state index contributed by atoms with van der Waals surface area (Å²) in [5.74, 6) is 0.716. The van der Waals surface area contributed by atoms with Gasteiger partial charge >= 0.3 is 0 Å². The minimum absolute atomic E-state index is 0.0134. The van der Waals surface area contributed by atoms with Crippen molar-refractivity contribution in [3.05, 3.63) is 65.5 Å². The van der Waals surface area contributed by atoms with E-state index in [0.29, 0.717) is 0 Å². The summed E-state index contributed by atoms with van der Waals surface area (Å²) in [4.78, 5) is 1.01. The highest BCUT2D eigenvalue weighted by Gasteiger charge is 2.14. The van der Waals surface area contributed by atoms with Gasteiger partial charge in [-0.25, -0.2) is 4.39 Å². The average molecular weight is 275 g/mol. The molecule has 0 saturated carbocycles. The number of rotatable bonds is 5. The van der Waals surface area contributed by atoms with Crippen LogP contribution in [0.3, 0.4) is 0 Å². The normalized spacial score (nSPS) is 12.4. The quantitative estimate of drug-likeness (QED) is 0.812. The second-order valence-electron chi connectivity index (χ2n) is 4.44. The second-order valence-corrected chi connectivity index (χ2v) is 5.45. The third kappa shape index (κ3) is 3.58. The third-order valence-corrected chi connectivity index (χ3v) is 4.26. The van der Waals surface area contributed by atoms with E-state index in [4.69, 9.17) is 0 Å². The van der Waals surface area contributed by atoms with E-state index in [-0.39, 0.29) is 11.9 Å². The molecule has 2 aromatic rings. The van der Waals surface area contributed by atoms with Gasteiger partial charge in [-0.2, -0.15) is 0 Å². The van der Waals surface area contributed by atoms with E-state index < -0.39 is 0 Å². The monoisotopic (exact) mass is 275 g/mol. The van der Waals surface area contributed by atoms with Gasteiger partial charge in [-0.3, -0.25) is 0 Å². The highest BCUT2D eigenvalue weighted by Crippen LogP contribution is 2.31. The van der Waals surface area contributed by atoms with Crippen LogP contribution in [0.2, 0.25) is 0 Å². The van der Waals surface area contributed by atoms with Gasteiger partial charge in [-0.05, 0) is 31.7 Å². The van der Waals surface area contributed by atoms with Crippen LogP contribution in [0.1, 0.15) is 24.1 Å². The molecular formula is C16H18FNS. The average Bonchev–Trinajstić information content (AvgIpc) is 2.45. The van der Waals surface area contributed by atoms with Crippen LogP contribution in [0.5, 0.6) is 0 Å². The fourth-order valence-electron chi connectivity index (χ4n) is 1.94. The Kier molecular flexibility index (Phi) is 5.00. The summed E-state index contributed by atoms with van der Waals surface area (Å²) in [5, 5.41) is 3.11. The summed E-state index contributed by atoms with van der Waals surface area (Å²) >= 11 is 1.68. The van der Waals surface area contributed by atoms with Gasteiger partial charge in [-0.15, -0.1) is 11.8 Å². The van der Waals surface area contributed by atoms with E-state index in [1.165, 1.54) is 11.6 Å². The van der Waals surface area contributed by atoms with Crippen molar-refractivity contribution in [1.82, 2.24) is 5.32 Å². The molecule has 0 bridgehead atoms. The maximum absolute atomic E-state index is 14.0. The van der Waals surface area contributed by atoms with Gasteiger partial charge in [-0.1, -0.05) is 36.4 Å². The second kappa shape index (κ2) is 6.73. The molecule has 1 unspecified atom stereocenters. The first-order chi connectivity index (χ1) is 9.22. The fourth-order valence-corrected chi connectivity index (χ4v) is 3.06. The zero-order chi connectivity index (χ0) is 13.7. The molecule has 0 fully saturated rings. The molecule has 0 amide bonds. The first-order valence-electron chi connectivity index (χ1n) is 6.34. The Hall–Kier alpha value is -1.32. The van der Waals surface area contributed by atoms with Crippen LogP contribution >= 0.6 is 11.8 Å². The third-order valence-electron chi connectivity index (χ3n) is 3.12. The van der Waals surface area contributed by atoms with E-state index in [2.05, 4.69) is 17.4 Å². The summed E-state index contributed by atoms with van der Waals surface area (Å²) < 4.78 is 14.0. The molecule has 3 heteroatoms. The first kappa shape index (κ1) is 14.1. The molecule has 100 valence electrons. The van der Waals surface area contributed by atoms with Crippen LogP contribution in [0.25, 0.3) is 0 Å². The number of hydrogen-bond donors (Lipinski definition) is 1. The van der Waals surface area contributed by atoms with Crippen LogP contribution in [0.15, 0.2) is 53.4 Å². The lowest BCUT2D eigenvalue weighted by molar-refractivity contribution is 0.552. The molecular weight excluding hydrogens is 257 g/mol. The van der Waals surface area contributed by atoms with Gasteiger partial charge in [0, 0.05) is 22.3 Å². The minimum atomic E-state index is -0.139. The van der Waals surface area contributed by atoms with Crippen LogP contribution in [-0.2, 0) is 5.75 Å². The standard InChI is InChI=1S/C16H18FNS/c1-12(18-2)16-14(17)9-6-10-15(16)19-11-13-7-4-3-5-8-13/h3-10,12,18H,11H2,1-2H3. The van der Waals surface area contributed by atoms with E-state index >= 15 is 0 Å². The SMILES string of the molecule is CNC(C)c1c(F)cccc1SCc1ccccc1. The molecule has 1 atom stereocenters. The van der Waals surface area contributed by atoms with Gasteiger partial charge in [0.2, 0.25) is 0 Å². The summed E-state index contributed by atoms with van der Waals surface area (Å²) in [6, 6.07) is 15.5. The fraction of sp³-hybridized carbons (Fsp3) is 0.250. The van der Waals surface area contributed by atoms with Crippen molar-refractivity contribution in [3.8, 4) is 0 Å². The van der Waals surface area contributed by atoms with E-state index in [9.17, 15) is 4.39 Å². The predicted molar refractivity (Wildman–Crippen MR) is 79.9 cm³/mol. The number of thioether (sulfide) groups is 1. The van der Waals surface area contributed by atoms with Gasteiger partial charge in [0.15, 0.2) is 0 Å². The predicted octanol–water partition coefficient (Wildman–Crippen LogP) is 4.40. The van der Waals surface area contributed by atoms with Crippen molar-refractivity contribution < 1.29 is 4.39 Å². The number of nitrogens with one attached hydrogen (secondary N) is 1. The summed E-state index contributed by atoms with van der Waals surface area (Å²) in [7, 11) is 1.85. The largest absolute Gasteiger partial charge is 0.313 e.